The molecule has 4 atom stereocenters. The summed E-state index contributed by atoms with van der Waals surface area (Å²) in [7, 11) is 0. The second-order valence-corrected chi connectivity index (χ2v) is 11.4. The molecule has 3 rings (SSSR count). The van der Waals surface area contributed by atoms with Crippen LogP contribution >= 0.6 is 12.1 Å². The Bertz CT molecular complexity index is 1470. The van der Waals surface area contributed by atoms with Gasteiger partial charge < -0.3 is 0 Å². The molecule has 1 amide bonds. The van der Waals surface area contributed by atoms with E-state index in [0.29, 0.717) is 23.1 Å². The summed E-state index contributed by atoms with van der Waals surface area (Å²) in [6, 6.07) is 22.8. The minimum absolute atomic E-state index is 0.0369. The third-order valence-corrected chi connectivity index (χ3v) is 8.11. The van der Waals surface area contributed by atoms with Crippen molar-refractivity contribution in [3.63, 3.8) is 0 Å². The molecule has 3 aromatic rings. The minimum atomic E-state index is -1.68. The van der Waals surface area contributed by atoms with E-state index in [4.69, 9.17) is 21.7 Å². The summed E-state index contributed by atoms with van der Waals surface area (Å²) in [4.78, 5) is 45.6. The second-order valence-electron chi connectivity index (χ2n) is 11.1. The van der Waals surface area contributed by atoms with Crippen molar-refractivity contribution in [1.82, 2.24) is 16.2 Å². The number of hydrogen-bond donors (Lipinski definition) is 4. The summed E-state index contributed by atoms with van der Waals surface area (Å²) in [6.07, 6.45) is 2.62. The number of hydrogen-bond acceptors (Lipinski definition) is 8. The zero-order valence-corrected chi connectivity index (χ0v) is 27.3. The van der Waals surface area contributed by atoms with Gasteiger partial charge in [-0.3, -0.25) is 0 Å². The quantitative estimate of drug-likeness (QED) is 0.0334. The molecule has 0 aliphatic rings. The predicted molar refractivity (Wildman–Crippen MR) is 182 cm³/mol. The van der Waals surface area contributed by atoms with Crippen LogP contribution < -0.4 is 16.2 Å². The summed E-state index contributed by atoms with van der Waals surface area (Å²) in [5, 5.41) is 17.7. The molecule has 0 heterocycles. The first-order chi connectivity index (χ1) is 22.2. The Morgan fingerprint density at radius 1 is 1.02 bits per heavy atom. The van der Waals surface area contributed by atoms with E-state index in [9.17, 15) is 19.5 Å². The van der Waals surface area contributed by atoms with Gasteiger partial charge >= 0.3 is 191 Å². The van der Waals surface area contributed by atoms with Gasteiger partial charge in [-0.15, -0.1) is 0 Å². The van der Waals surface area contributed by atoms with Crippen LogP contribution in [0.15, 0.2) is 91.5 Å². The number of aryl methyl sites for hydroxylation is 1. The molecule has 0 saturated heterocycles. The van der Waals surface area contributed by atoms with Crippen molar-refractivity contribution in [1.29, 1.82) is 0 Å². The molecule has 242 valence electrons. The molecule has 0 aliphatic carbocycles. The Balaban J connectivity index is 2.06. The van der Waals surface area contributed by atoms with E-state index >= 15 is 0 Å². The second kappa shape index (κ2) is 18.2. The Morgan fingerprint density at radius 2 is 1.67 bits per heavy atom. The van der Waals surface area contributed by atoms with Gasteiger partial charge in [0.1, 0.15) is 6.61 Å². The Morgan fingerprint density at radius 3 is 2.33 bits per heavy atom. The first-order valence-electron chi connectivity index (χ1n) is 15.3. The Hall–Kier alpha value is -4.03. The minimum Gasteiger partial charge on any atom is -0.0622 e. The molecule has 0 radical (unpaired) electrons. The van der Waals surface area contributed by atoms with E-state index in [-0.39, 0.29) is 49.0 Å². The van der Waals surface area contributed by atoms with Crippen LogP contribution in [0.1, 0.15) is 65.7 Å². The van der Waals surface area contributed by atoms with Gasteiger partial charge in [-0.1, -0.05) is 72.8 Å². The van der Waals surface area contributed by atoms with Crippen LogP contribution in [0.4, 0.5) is 4.79 Å². The summed E-state index contributed by atoms with van der Waals surface area (Å²) in [5.41, 5.74) is 3.91. The molecule has 4 N–H and O–H groups in total. The molecule has 0 bridgehead atoms. The van der Waals surface area contributed by atoms with E-state index in [1.807, 2.05) is 75.4 Å². The standard InChI is InChI=1S/C35H42BN3O6S/c1-5-22-44-34(42)37-21-20-26(23-31(40)32(25(4)6-2)38-45-39-36-46)33(41)29-14-10-11-15-30(29)35(43,27-12-8-7-9-13-27)28-18-16-24(3)17-19-28/h5,7-19,25-26,32,38-39,43H,1,6,20-23H2,2-4H3,(H,37,42). The van der Waals surface area contributed by atoms with Crippen molar-refractivity contribution >= 4 is 36.0 Å². The Labute approximate surface area is 276 Å². The fourth-order valence-electron chi connectivity index (χ4n) is 5.27. The molecule has 4 unspecified atom stereocenters. The molecule has 0 aromatic heterocycles. The number of carbonyl (C=O) groups is 3. The van der Waals surface area contributed by atoms with Crippen LogP contribution in [0, 0.1) is 18.8 Å². The first-order valence-corrected chi connectivity index (χ1v) is 15.8. The maximum absolute atomic E-state index is 14.5. The van der Waals surface area contributed by atoms with E-state index in [2.05, 4.69) is 22.8 Å². The SMILES string of the molecule is C=CCOC(=O)NCCC(CC(=O)C(NONB=S)C(C)CC)C(=O)c1ccccc1C(O)(c1ccccc1)c1ccc(C)cc1. The zero-order chi connectivity index (χ0) is 33.5. The number of alkyl carbamates (subject to hydrolysis) is 1. The molecule has 0 fully saturated rings. The number of ether oxygens (including phenoxy) is 1. The number of amides is 1. The van der Waals surface area contributed by atoms with E-state index in [1.165, 1.54) is 6.08 Å². The average Bonchev–Trinajstić information content (AvgIpc) is 3.08. The molecular weight excluding hydrogens is 601 g/mol. The monoisotopic (exact) mass is 643 g/mol. The van der Waals surface area contributed by atoms with Gasteiger partial charge in [0, 0.05) is 0 Å². The number of hydroxylamine groups is 1. The van der Waals surface area contributed by atoms with Crippen molar-refractivity contribution in [2.45, 2.75) is 51.7 Å². The molecule has 0 saturated carbocycles. The van der Waals surface area contributed by atoms with E-state index in [1.54, 1.807) is 24.3 Å². The fraction of sp³-hybridized carbons (Fsp3) is 0.343. The number of carbonyl (C=O) groups excluding carboxylic acids is 3. The number of aliphatic hydroxyl groups is 1. The van der Waals surface area contributed by atoms with Crippen molar-refractivity contribution in [3.05, 3.63) is 119 Å². The topological polar surface area (TPSA) is 126 Å². The number of ketones is 2. The van der Waals surface area contributed by atoms with Crippen LogP contribution in [0.25, 0.3) is 0 Å². The van der Waals surface area contributed by atoms with Crippen LogP contribution in [-0.2, 0) is 20.1 Å². The number of Topliss-reactive ketones (excluding diaryl/α,β-unsaturated/α-hetero) is 2. The van der Waals surface area contributed by atoms with Gasteiger partial charge in [-0.25, -0.2) is 0 Å². The fourth-order valence-corrected chi connectivity index (χ4v) is 5.32. The van der Waals surface area contributed by atoms with Crippen LogP contribution in [0.5, 0.6) is 0 Å². The predicted octanol–water partition coefficient (Wildman–Crippen LogP) is 5.51. The summed E-state index contributed by atoms with van der Waals surface area (Å²) >= 11 is 4.74. The zero-order valence-electron chi connectivity index (χ0n) is 26.5. The maximum atomic E-state index is 14.5. The van der Waals surface area contributed by atoms with Gasteiger partial charge in [-0.05, 0) is 6.92 Å². The smallest absolute Gasteiger partial charge is 0.0622 e. The molecule has 0 aliphatic heterocycles. The number of nitrogens with one attached hydrogen (secondary N) is 3. The summed E-state index contributed by atoms with van der Waals surface area (Å²) in [5.74, 6) is -1.56. The molecule has 0 spiro atoms. The third-order valence-electron chi connectivity index (χ3n) is 8.01. The average molecular weight is 644 g/mol. The van der Waals surface area contributed by atoms with Crippen LogP contribution in [0.3, 0.4) is 0 Å². The number of benzene rings is 3. The molecule has 9 nitrogen and oxygen atoms in total. The van der Waals surface area contributed by atoms with Gasteiger partial charge in [0.2, 0.25) is 0 Å². The van der Waals surface area contributed by atoms with Gasteiger partial charge in [0.05, 0.1) is 0 Å². The van der Waals surface area contributed by atoms with Gasteiger partial charge in [0.15, 0.2) is 0 Å². The molecule has 3 aromatic carbocycles. The van der Waals surface area contributed by atoms with E-state index < -0.39 is 23.7 Å². The summed E-state index contributed by atoms with van der Waals surface area (Å²) < 4.78 is 5.01. The summed E-state index contributed by atoms with van der Waals surface area (Å²) in [6.45, 7) is 9.46. The normalized spacial score (nSPS) is 14.1. The van der Waals surface area contributed by atoms with Gasteiger partial charge in [-0.2, -0.15) is 0 Å². The van der Waals surface area contributed by atoms with Crippen molar-refractivity contribution in [2.75, 3.05) is 13.2 Å². The van der Waals surface area contributed by atoms with Crippen molar-refractivity contribution < 1.29 is 29.2 Å². The van der Waals surface area contributed by atoms with Crippen molar-refractivity contribution in [2.24, 2.45) is 11.8 Å². The molecular formula is C35H42BN3O6S. The Kier molecular flexibility index (Phi) is 14.4. The van der Waals surface area contributed by atoms with E-state index in [0.717, 1.165) is 11.9 Å². The molecule has 46 heavy (non-hydrogen) atoms. The van der Waals surface area contributed by atoms with Crippen molar-refractivity contribution in [3.8, 4) is 0 Å². The third kappa shape index (κ3) is 9.49. The number of rotatable bonds is 19. The van der Waals surface area contributed by atoms with Gasteiger partial charge in [0.25, 0.3) is 0 Å². The first kappa shape index (κ1) is 36.4. The van der Waals surface area contributed by atoms with Crippen LogP contribution in [-0.4, -0.2) is 48.2 Å². The van der Waals surface area contributed by atoms with Crippen LogP contribution in [0.2, 0.25) is 0 Å². The molecule has 11 heteroatoms.